The largest absolute Gasteiger partial charge is 0.474 e. The van der Waals surface area contributed by atoms with Crippen molar-refractivity contribution in [1.29, 1.82) is 0 Å². The lowest BCUT2D eigenvalue weighted by atomic mass is 10.1. The summed E-state index contributed by atoms with van der Waals surface area (Å²) in [7, 11) is 0. The molecule has 1 aromatic carbocycles. The van der Waals surface area contributed by atoms with Crippen LogP contribution in [0.3, 0.4) is 0 Å². The minimum atomic E-state index is -1.20. The van der Waals surface area contributed by atoms with E-state index in [9.17, 15) is 4.79 Å². The Morgan fingerprint density at radius 3 is 2.82 bits per heavy atom. The lowest BCUT2D eigenvalue weighted by Gasteiger charge is -1.99. The maximum absolute atomic E-state index is 10.5. The molecular formula is C12H12N2O3. The number of hydrogen-bond acceptors (Lipinski definition) is 4. The van der Waals surface area contributed by atoms with E-state index in [0.717, 1.165) is 6.42 Å². The molecule has 0 radical (unpaired) electrons. The number of aryl methyl sites for hydroxylation is 3. The summed E-state index contributed by atoms with van der Waals surface area (Å²) < 4.78 is 4.98. The number of aromatic carboxylic acids is 1. The number of hydrogen-bond donors (Lipinski definition) is 1. The van der Waals surface area contributed by atoms with Gasteiger partial charge in [-0.15, -0.1) is 10.2 Å². The summed E-state index contributed by atoms with van der Waals surface area (Å²) in [5.74, 6) is -1.20. The van der Waals surface area contributed by atoms with Gasteiger partial charge in [-0.25, -0.2) is 4.79 Å². The summed E-state index contributed by atoms with van der Waals surface area (Å²) >= 11 is 0. The van der Waals surface area contributed by atoms with Crippen molar-refractivity contribution >= 4 is 5.97 Å². The average Bonchev–Trinajstić information content (AvgIpc) is 2.75. The predicted octanol–water partition coefficient (Wildman–Crippen LogP) is 1.86. The first kappa shape index (κ1) is 11.3. The molecule has 0 aliphatic heterocycles. The minimum Gasteiger partial charge on any atom is -0.474 e. The molecule has 0 spiro atoms. The molecule has 5 heteroatoms. The van der Waals surface area contributed by atoms with Crippen LogP contribution in [0.4, 0.5) is 0 Å². The first-order valence-electron chi connectivity index (χ1n) is 5.26. The highest BCUT2D eigenvalue weighted by molar-refractivity contribution is 5.81. The maximum Gasteiger partial charge on any atom is 0.393 e. The molecule has 17 heavy (non-hydrogen) atoms. The summed E-state index contributed by atoms with van der Waals surface area (Å²) in [6.07, 6.45) is 1.30. The Hall–Kier alpha value is -2.17. The van der Waals surface area contributed by atoms with Crippen LogP contribution in [0.15, 0.2) is 28.7 Å². The molecule has 0 unspecified atom stereocenters. The zero-order valence-corrected chi connectivity index (χ0v) is 9.38. The fourth-order valence-electron chi connectivity index (χ4n) is 1.56. The number of rotatable bonds is 4. The standard InChI is InChI=1S/C12H12N2O3/c1-8-3-2-4-9(7-8)5-6-10-13-14-11(17-10)12(15)16/h2-4,7H,5-6H2,1H3,(H,15,16). The Labute approximate surface area is 98.1 Å². The lowest BCUT2D eigenvalue weighted by Crippen LogP contribution is -1.95. The van der Waals surface area contributed by atoms with Crippen LogP contribution in [-0.4, -0.2) is 21.3 Å². The van der Waals surface area contributed by atoms with Gasteiger partial charge in [0.2, 0.25) is 5.89 Å². The molecule has 1 aromatic heterocycles. The SMILES string of the molecule is Cc1cccc(CCc2nnc(C(=O)O)o2)c1. The molecule has 0 amide bonds. The van der Waals surface area contributed by atoms with Gasteiger partial charge in [0.25, 0.3) is 0 Å². The number of nitrogens with zero attached hydrogens (tertiary/aromatic N) is 2. The smallest absolute Gasteiger partial charge is 0.393 e. The van der Waals surface area contributed by atoms with E-state index >= 15 is 0 Å². The normalized spacial score (nSPS) is 10.4. The van der Waals surface area contributed by atoms with Crippen molar-refractivity contribution in [3.05, 3.63) is 47.2 Å². The van der Waals surface area contributed by atoms with Gasteiger partial charge in [-0.2, -0.15) is 0 Å². The van der Waals surface area contributed by atoms with Crippen LogP contribution in [0.1, 0.15) is 27.7 Å². The fraction of sp³-hybridized carbons (Fsp3) is 0.250. The predicted molar refractivity (Wildman–Crippen MR) is 59.8 cm³/mol. The van der Waals surface area contributed by atoms with Crippen molar-refractivity contribution in [3.8, 4) is 0 Å². The molecule has 0 fully saturated rings. The molecule has 1 heterocycles. The van der Waals surface area contributed by atoms with Crippen LogP contribution in [0.25, 0.3) is 0 Å². The monoisotopic (exact) mass is 232 g/mol. The second kappa shape index (κ2) is 4.78. The Kier molecular flexibility index (Phi) is 3.18. The summed E-state index contributed by atoms with van der Waals surface area (Å²) in [6.45, 7) is 2.03. The first-order chi connectivity index (χ1) is 8.15. The van der Waals surface area contributed by atoms with Gasteiger partial charge in [0.1, 0.15) is 0 Å². The number of carbonyl (C=O) groups is 1. The Morgan fingerprint density at radius 1 is 1.35 bits per heavy atom. The van der Waals surface area contributed by atoms with Crippen molar-refractivity contribution < 1.29 is 14.3 Å². The van der Waals surface area contributed by atoms with E-state index < -0.39 is 5.97 Å². The van der Waals surface area contributed by atoms with Gasteiger partial charge in [0.15, 0.2) is 0 Å². The van der Waals surface area contributed by atoms with Crippen LogP contribution < -0.4 is 0 Å². The molecule has 2 rings (SSSR count). The summed E-state index contributed by atoms with van der Waals surface area (Å²) in [4.78, 5) is 10.5. The van der Waals surface area contributed by atoms with Crippen molar-refractivity contribution in [2.24, 2.45) is 0 Å². The molecule has 1 N–H and O–H groups in total. The molecule has 0 aliphatic carbocycles. The van der Waals surface area contributed by atoms with E-state index in [0.29, 0.717) is 12.3 Å². The Balaban J connectivity index is 2.00. The molecule has 0 bridgehead atoms. The van der Waals surface area contributed by atoms with Crippen molar-refractivity contribution in [1.82, 2.24) is 10.2 Å². The Morgan fingerprint density at radius 2 is 2.18 bits per heavy atom. The molecule has 0 saturated carbocycles. The highest BCUT2D eigenvalue weighted by Crippen LogP contribution is 2.08. The van der Waals surface area contributed by atoms with Gasteiger partial charge >= 0.3 is 11.9 Å². The summed E-state index contributed by atoms with van der Waals surface area (Å²) in [6, 6.07) is 8.11. The summed E-state index contributed by atoms with van der Waals surface area (Å²) in [5, 5.41) is 15.7. The molecule has 0 atom stereocenters. The quantitative estimate of drug-likeness (QED) is 0.870. The second-order valence-corrected chi connectivity index (χ2v) is 3.80. The van der Waals surface area contributed by atoms with Gasteiger partial charge in [0, 0.05) is 6.42 Å². The van der Waals surface area contributed by atoms with E-state index in [1.54, 1.807) is 0 Å². The molecule has 5 nitrogen and oxygen atoms in total. The fourth-order valence-corrected chi connectivity index (χ4v) is 1.56. The number of carboxylic acid groups (broad SMARTS) is 1. The third-order valence-electron chi connectivity index (χ3n) is 2.36. The van der Waals surface area contributed by atoms with Crippen molar-refractivity contribution in [3.63, 3.8) is 0 Å². The molecule has 88 valence electrons. The molecule has 2 aromatic rings. The van der Waals surface area contributed by atoms with Gasteiger partial charge in [-0.05, 0) is 18.9 Å². The van der Waals surface area contributed by atoms with E-state index in [2.05, 4.69) is 16.3 Å². The number of carboxylic acids is 1. The summed E-state index contributed by atoms with van der Waals surface area (Å²) in [5.41, 5.74) is 2.36. The minimum absolute atomic E-state index is 0.351. The molecule has 0 aliphatic rings. The topological polar surface area (TPSA) is 76.2 Å². The third-order valence-corrected chi connectivity index (χ3v) is 2.36. The van der Waals surface area contributed by atoms with Crippen molar-refractivity contribution in [2.75, 3.05) is 0 Å². The van der Waals surface area contributed by atoms with E-state index in [1.165, 1.54) is 11.1 Å². The Bertz CT molecular complexity index is 534. The van der Waals surface area contributed by atoms with E-state index in [4.69, 9.17) is 9.52 Å². The van der Waals surface area contributed by atoms with Gasteiger partial charge in [-0.1, -0.05) is 29.8 Å². The van der Waals surface area contributed by atoms with Crippen LogP contribution in [0.5, 0.6) is 0 Å². The van der Waals surface area contributed by atoms with Gasteiger partial charge < -0.3 is 9.52 Å². The first-order valence-corrected chi connectivity index (χ1v) is 5.26. The maximum atomic E-state index is 10.5. The van der Waals surface area contributed by atoms with Crippen LogP contribution in [-0.2, 0) is 12.8 Å². The third kappa shape index (κ3) is 2.90. The lowest BCUT2D eigenvalue weighted by molar-refractivity contribution is 0.0651. The second-order valence-electron chi connectivity index (χ2n) is 3.80. The van der Waals surface area contributed by atoms with Crippen LogP contribution >= 0.6 is 0 Å². The number of aromatic nitrogens is 2. The van der Waals surface area contributed by atoms with Crippen LogP contribution in [0, 0.1) is 6.92 Å². The van der Waals surface area contributed by atoms with E-state index in [1.807, 2.05) is 25.1 Å². The highest BCUT2D eigenvalue weighted by Gasteiger charge is 2.12. The molecular weight excluding hydrogens is 220 g/mol. The molecule has 0 saturated heterocycles. The highest BCUT2D eigenvalue weighted by atomic mass is 16.4. The van der Waals surface area contributed by atoms with E-state index in [-0.39, 0.29) is 5.89 Å². The zero-order chi connectivity index (χ0) is 12.3. The zero-order valence-electron chi connectivity index (χ0n) is 9.38. The van der Waals surface area contributed by atoms with Crippen LogP contribution in [0.2, 0.25) is 0 Å². The number of benzene rings is 1. The van der Waals surface area contributed by atoms with Gasteiger partial charge in [-0.3, -0.25) is 0 Å². The van der Waals surface area contributed by atoms with Crippen molar-refractivity contribution in [2.45, 2.75) is 19.8 Å². The average molecular weight is 232 g/mol. The van der Waals surface area contributed by atoms with Gasteiger partial charge in [0.05, 0.1) is 0 Å².